The molecule has 128 valence electrons. The molecule has 0 bridgehead atoms. The molecular weight excluding hydrogens is 327 g/mol. The van der Waals surface area contributed by atoms with E-state index < -0.39 is 31.3 Å². The van der Waals surface area contributed by atoms with Gasteiger partial charge in [-0.1, -0.05) is 6.92 Å². The standard InChI is InChI=1S/C14H19FN2O5S/c1-3-16(9-11-5-4-6-22-11)23(20,21)14-8-12(15)10(2)7-13(14)17(18)19/h7-8,11H,3-6,9H2,1-2H3. The van der Waals surface area contributed by atoms with Crippen LogP contribution in [0.5, 0.6) is 0 Å². The number of nitro groups is 1. The Labute approximate surface area is 134 Å². The second-order valence-corrected chi connectivity index (χ2v) is 7.32. The molecule has 0 radical (unpaired) electrons. The topological polar surface area (TPSA) is 89.8 Å². The fourth-order valence-corrected chi connectivity index (χ4v) is 4.18. The van der Waals surface area contributed by atoms with Gasteiger partial charge in [-0.15, -0.1) is 0 Å². The van der Waals surface area contributed by atoms with Crippen molar-refractivity contribution >= 4 is 15.7 Å². The van der Waals surface area contributed by atoms with Crippen LogP contribution in [0.2, 0.25) is 0 Å². The van der Waals surface area contributed by atoms with E-state index in [2.05, 4.69) is 0 Å². The first-order valence-electron chi connectivity index (χ1n) is 7.33. The highest BCUT2D eigenvalue weighted by Gasteiger charge is 2.34. The van der Waals surface area contributed by atoms with Gasteiger partial charge in [0.25, 0.3) is 5.69 Å². The van der Waals surface area contributed by atoms with Crippen molar-refractivity contribution in [3.05, 3.63) is 33.6 Å². The van der Waals surface area contributed by atoms with Gasteiger partial charge in [0.15, 0.2) is 4.90 Å². The van der Waals surface area contributed by atoms with Crippen LogP contribution < -0.4 is 0 Å². The molecule has 1 saturated heterocycles. The largest absolute Gasteiger partial charge is 0.377 e. The van der Waals surface area contributed by atoms with Crippen LogP contribution in [0.4, 0.5) is 10.1 Å². The number of benzene rings is 1. The molecule has 1 aliphatic rings. The monoisotopic (exact) mass is 346 g/mol. The van der Waals surface area contributed by atoms with Crippen LogP contribution in [0.3, 0.4) is 0 Å². The molecule has 7 nitrogen and oxygen atoms in total. The molecular formula is C14H19FN2O5S. The van der Waals surface area contributed by atoms with Crippen molar-refractivity contribution in [1.29, 1.82) is 0 Å². The summed E-state index contributed by atoms with van der Waals surface area (Å²) in [6.45, 7) is 3.77. The van der Waals surface area contributed by atoms with Gasteiger partial charge < -0.3 is 4.74 Å². The van der Waals surface area contributed by atoms with E-state index in [0.717, 1.165) is 29.3 Å². The molecule has 23 heavy (non-hydrogen) atoms. The van der Waals surface area contributed by atoms with E-state index in [9.17, 15) is 22.9 Å². The summed E-state index contributed by atoms with van der Waals surface area (Å²) < 4.78 is 45.8. The summed E-state index contributed by atoms with van der Waals surface area (Å²) in [6, 6.07) is 1.67. The SMILES string of the molecule is CCN(CC1CCCO1)S(=O)(=O)c1cc(F)c(C)cc1[N+](=O)[O-]. The van der Waals surface area contributed by atoms with E-state index in [1.807, 2.05) is 0 Å². The molecule has 2 rings (SSSR count). The number of likely N-dealkylation sites (N-methyl/N-ethyl adjacent to an activating group) is 1. The number of ether oxygens (including phenoxy) is 1. The van der Waals surface area contributed by atoms with Crippen molar-refractivity contribution < 1.29 is 22.5 Å². The molecule has 1 aromatic rings. The Balaban J connectivity index is 2.44. The molecule has 9 heteroatoms. The fraction of sp³-hybridized carbons (Fsp3) is 0.571. The molecule has 1 aromatic carbocycles. The zero-order valence-electron chi connectivity index (χ0n) is 13.0. The first-order valence-corrected chi connectivity index (χ1v) is 8.77. The summed E-state index contributed by atoms with van der Waals surface area (Å²) in [5.74, 6) is -0.789. The average molecular weight is 346 g/mol. The molecule has 0 aliphatic carbocycles. The summed E-state index contributed by atoms with van der Waals surface area (Å²) in [7, 11) is -4.18. The van der Waals surface area contributed by atoms with Crippen LogP contribution in [-0.4, -0.2) is 43.4 Å². The van der Waals surface area contributed by atoms with Crippen LogP contribution in [-0.2, 0) is 14.8 Å². The predicted molar refractivity (Wildman–Crippen MR) is 81.2 cm³/mol. The highest BCUT2D eigenvalue weighted by Crippen LogP contribution is 2.30. The molecule has 0 aromatic heterocycles. The van der Waals surface area contributed by atoms with E-state index in [0.29, 0.717) is 6.61 Å². The van der Waals surface area contributed by atoms with Gasteiger partial charge in [0.05, 0.1) is 11.0 Å². The Kier molecular flexibility index (Phi) is 5.33. The van der Waals surface area contributed by atoms with Gasteiger partial charge in [0, 0.05) is 31.8 Å². The van der Waals surface area contributed by atoms with Crippen molar-refractivity contribution in [2.45, 2.75) is 37.7 Å². The van der Waals surface area contributed by atoms with Gasteiger partial charge in [0.2, 0.25) is 10.0 Å². The number of aryl methyl sites for hydroxylation is 1. The number of hydrogen-bond acceptors (Lipinski definition) is 5. The molecule has 0 spiro atoms. The Morgan fingerprint density at radius 1 is 1.48 bits per heavy atom. The number of nitrogens with zero attached hydrogens (tertiary/aromatic N) is 2. The Morgan fingerprint density at radius 3 is 2.70 bits per heavy atom. The summed E-state index contributed by atoms with van der Waals surface area (Å²) >= 11 is 0. The first kappa shape index (κ1) is 17.8. The van der Waals surface area contributed by atoms with E-state index >= 15 is 0 Å². The summed E-state index contributed by atoms with van der Waals surface area (Å²) in [6.07, 6.45) is 1.34. The third kappa shape index (κ3) is 3.67. The summed E-state index contributed by atoms with van der Waals surface area (Å²) in [5.41, 5.74) is -0.590. The van der Waals surface area contributed by atoms with Crippen molar-refractivity contribution in [1.82, 2.24) is 4.31 Å². The van der Waals surface area contributed by atoms with Gasteiger partial charge in [-0.3, -0.25) is 10.1 Å². The van der Waals surface area contributed by atoms with E-state index in [1.165, 1.54) is 6.92 Å². The number of rotatable bonds is 6. The van der Waals surface area contributed by atoms with E-state index in [-0.39, 0.29) is 24.8 Å². The minimum atomic E-state index is -4.18. The first-order chi connectivity index (χ1) is 10.8. The van der Waals surface area contributed by atoms with Gasteiger partial charge >= 0.3 is 0 Å². The molecule has 0 amide bonds. The molecule has 0 N–H and O–H groups in total. The molecule has 1 unspecified atom stereocenters. The lowest BCUT2D eigenvalue weighted by Crippen LogP contribution is -2.37. The number of hydrogen-bond donors (Lipinski definition) is 0. The fourth-order valence-electron chi connectivity index (χ4n) is 2.55. The van der Waals surface area contributed by atoms with Gasteiger partial charge in [-0.25, -0.2) is 12.8 Å². The van der Waals surface area contributed by atoms with Crippen molar-refractivity contribution in [3.63, 3.8) is 0 Å². The molecule has 0 saturated carbocycles. The summed E-state index contributed by atoms with van der Waals surface area (Å²) in [5, 5.41) is 11.2. The predicted octanol–water partition coefficient (Wildman–Crippen LogP) is 2.23. The lowest BCUT2D eigenvalue weighted by molar-refractivity contribution is -0.388. The van der Waals surface area contributed by atoms with Crippen LogP contribution in [0.1, 0.15) is 25.3 Å². The lowest BCUT2D eigenvalue weighted by Gasteiger charge is -2.23. The van der Waals surface area contributed by atoms with E-state index in [1.54, 1.807) is 6.92 Å². The highest BCUT2D eigenvalue weighted by atomic mass is 32.2. The zero-order valence-corrected chi connectivity index (χ0v) is 13.8. The second-order valence-electron chi connectivity index (χ2n) is 5.42. The third-order valence-corrected chi connectivity index (χ3v) is 5.81. The highest BCUT2D eigenvalue weighted by molar-refractivity contribution is 7.89. The van der Waals surface area contributed by atoms with Crippen LogP contribution >= 0.6 is 0 Å². The molecule has 1 atom stereocenters. The van der Waals surface area contributed by atoms with Crippen LogP contribution in [0.15, 0.2) is 17.0 Å². The third-order valence-electron chi connectivity index (χ3n) is 3.84. The smallest absolute Gasteiger partial charge is 0.289 e. The van der Waals surface area contributed by atoms with Crippen molar-refractivity contribution in [3.8, 4) is 0 Å². The number of halogens is 1. The molecule has 1 fully saturated rings. The quantitative estimate of drug-likeness (QED) is 0.582. The maximum Gasteiger partial charge on any atom is 0.289 e. The van der Waals surface area contributed by atoms with Gasteiger partial charge in [0.1, 0.15) is 5.82 Å². The Hall–Kier alpha value is -1.58. The number of nitro benzene ring substituents is 1. The minimum absolute atomic E-state index is 0.0258. The van der Waals surface area contributed by atoms with Crippen molar-refractivity contribution in [2.24, 2.45) is 0 Å². The Bertz CT molecular complexity index is 701. The van der Waals surface area contributed by atoms with Crippen LogP contribution in [0, 0.1) is 22.9 Å². The van der Waals surface area contributed by atoms with Gasteiger partial charge in [-0.2, -0.15) is 4.31 Å². The van der Waals surface area contributed by atoms with Gasteiger partial charge in [-0.05, 0) is 25.3 Å². The molecule has 1 heterocycles. The van der Waals surface area contributed by atoms with Crippen LogP contribution in [0.25, 0.3) is 0 Å². The van der Waals surface area contributed by atoms with E-state index in [4.69, 9.17) is 4.74 Å². The average Bonchev–Trinajstić information content (AvgIpc) is 2.99. The minimum Gasteiger partial charge on any atom is -0.377 e. The maximum atomic E-state index is 13.8. The second kappa shape index (κ2) is 6.90. The molecule has 1 aliphatic heterocycles. The number of sulfonamides is 1. The van der Waals surface area contributed by atoms with Crippen molar-refractivity contribution in [2.75, 3.05) is 19.7 Å². The Morgan fingerprint density at radius 2 is 2.17 bits per heavy atom. The lowest BCUT2D eigenvalue weighted by atomic mass is 10.2. The maximum absolute atomic E-state index is 13.8. The zero-order chi connectivity index (χ0) is 17.2. The summed E-state index contributed by atoms with van der Waals surface area (Å²) in [4.78, 5) is 9.74. The normalized spacial score (nSPS) is 18.5.